The van der Waals surface area contributed by atoms with Gasteiger partial charge in [0.1, 0.15) is 5.82 Å². The Labute approximate surface area is 147 Å². The van der Waals surface area contributed by atoms with Gasteiger partial charge in [0.05, 0.1) is 12.0 Å². The van der Waals surface area contributed by atoms with Crippen LogP contribution in [-0.4, -0.2) is 35.4 Å². The van der Waals surface area contributed by atoms with E-state index in [1.165, 1.54) is 12.1 Å². The minimum Gasteiger partial charge on any atom is -0.333 e. The maximum atomic E-state index is 13.4. The lowest BCUT2D eigenvalue weighted by molar-refractivity contribution is -0.135. The second kappa shape index (κ2) is 8.22. The van der Waals surface area contributed by atoms with Crippen LogP contribution in [0.5, 0.6) is 0 Å². The van der Waals surface area contributed by atoms with E-state index in [9.17, 15) is 9.18 Å². The Morgan fingerprint density at radius 1 is 1.38 bits per heavy atom. The number of halogens is 2. The molecule has 0 saturated carbocycles. The third-order valence-electron chi connectivity index (χ3n) is 4.31. The number of nitrogens with one attached hydrogen (secondary N) is 1. The van der Waals surface area contributed by atoms with E-state index in [0.717, 1.165) is 12.1 Å². The van der Waals surface area contributed by atoms with Crippen molar-refractivity contribution in [2.75, 3.05) is 19.6 Å². The quantitative estimate of drug-likeness (QED) is 0.926. The van der Waals surface area contributed by atoms with E-state index in [2.05, 4.69) is 10.3 Å². The summed E-state index contributed by atoms with van der Waals surface area (Å²) in [5, 5.41) is 3.32. The van der Waals surface area contributed by atoms with Gasteiger partial charge in [0, 0.05) is 32.0 Å². The van der Waals surface area contributed by atoms with Crippen LogP contribution in [0.15, 0.2) is 48.8 Å². The molecular formula is C18H21ClFN3O. The van der Waals surface area contributed by atoms with Crippen molar-refractivity contribution in [1.82, 2.24) is 15.2 Å². The highest BCUT2D eigenvalue weighted by atomic mass is 35.5. The molecule has 1 aromatic carbocycles. The second-order valence-corrected chi connectivity index (χ2v) is 5.81. The van der Waals surface area contributed by atoms with Gasteiger partial charge in [-0.05, 0) is 36.2 Å². The van der Waals surface area contributed by atoms with Gasteiger partial charge in [-0.3, -0.25) is 9.78 Å². The molecule has 1 saturated heterocycles. The Balaban J connectivity index is 0.00000208. The number of aromatic nitrogens is 1. The topological polar surface area (TPSA) is 45.2 Å². The summed E-state index contributed by atoms with van der Waals surface area (Å²) < 4.78 is 13.4. The summed E-state index contributed by atoms with van der Waals surface area (Å²) in [6, 6.07) is 10.1. The van der Waals surface area contributed by atoms with Gasteiger partial charge in [-0.15, -0.1) is 12.4 Å². The second-order valence-electron chi connectivity index (χ2n) is 5.81. The van der Waals surface area contributed by atoms with Crippen molar-refractivity contribution < 1.29 is 9.18 Å². The Bertz CT molecular complexity index is 683. The van der Waals surface area contributed by atoms with Gasteiger partial charge in [0.25, 0.3) is 0 Å². The summed E-state index contributed by atoms with van der Waals surface area (Å²) in [6.45, 7) is 3.93. The van der Waals surface area contributed by atoms with Crippen LogP contribution in [0, 0.1) is 5.82 Å². The van der Waals surface area contributed by atoms with Crippen molar-refractivity contribution in [3.05, 3.63) is 65.7 Å². The number of carbonyl (C=O) groups is 1. The highest BCUT2D eigenvalue weighted by molar-refractivity contribution is 5.85. The molecule has 0 spiro atoms. The highest BCUT2D eigenvalue weighted by Crippen LogP contribution is 2.27. The third kappa shape index (κ3) is 3.91. The molecule has 2 heterocycles. The van der Waals surface area contributed by atoms with Crippen LogP contribution >= 0.6 is 12.4 Å². The van der Waals surface area contributed by atoms with Gasteiger partial charge in [-0.25, -0.2) is 4.39 Å². The molecule has 2 atom stereocenters. The summed E-state index contributed by atoms with van der Waals surface area (Å²) >= 11 is 0. The van der Waals surface area contributed by atoms with Crippen molar-refractivity contribution in [1.29, 1.82) is 0 Å². The van der Waals surface area contributed by atoms with Gasteiger partial charge in [0.2, 0.25) is 5.91 Å². The fraction of sp³-hybridized carbons (Fsp3) is 0.333. The molecule has 0 aliphatic carbocycles. The predicted octanol–water partition coefficient (Wildman–Crippen LogP) is 2.92. The summed E-state index contributed by atoms with van der Waals surface area (Å²) in [7, 11) is 0. The van der Waals surface area contributed by atoms with Crippen LogP contribution in [0.4, 0.5) is 4.39 Å². The van der Waals surface area contributed by atoms with Gasteiger partial charge < -0.3 is 10.2 Å². The van der Waals surface area contributed by atoms with E-state index in [1.807, 2.05) is 24.0 Å². The smallest absolute Gasteiger partial charge is 0.230 e. The zero-order chi connectivity index (χ0) is 16.2. The first-order valence-electron chi connectivity index (χ1n) is 7.83. The van der Waals surface area contributed by atoms with Gasteiger partial charge in [0.15, 0.2) is 0 Å². The molecule has 1 N–H and O–H groups in total. The molecule has 1 aromatic heterocycles. The molecule has 1 aliphatic heterocycles. The number of hydrogen-bond donors (Lipinski definition) is 1. The molecule has 6 heteroatoms. The highest BCUT2D eigenvalue weighted by Gasteiger charge is 2.31. The van der Waals surface area contributed by atoms with E-state index in [1.54, 1.807) is 24.5 Å². The Morgan fingerprint density at radius 3 is 2.92 bits per heavy atom. The van der Waals surface area contributed by atoms with E-state index in [-0.39, 0.29) is 36.1 Å². The first-order chi connectivity index (χ1) is 11.2. The number of rotatable bonds is 3. The zero-order valence-electron chi connectivity index (χ0n) is 13.5. The minimum absolute atomic E-state index is 0. The number of piperazine rings is 1. The van der Waals surface area contributed by atoms with E-state index in [0.29, 0.717) is 18.7 Å². The molecule has 2 unspecified atom stereocenters. The average Bonchev–Trinajstić information content (AvgIpc) is 2.61. The lowest BCUT2D eigenvalue weighted by Gasteiger charge is -2.38. The van der Waals surface area contributed by atoms with E-state index < -0.39 is 0 Å². The summed E-state index contributed by atoms with van der Waals surface area (Å²) in [5.41, 5.74) is 1.72. The number of nitrogens with zero attached hydrogens (tertiary/aromatic N) is 2. The summed E-state index contributed by atoms with van der Waals surface area (Å²) in [6.07, 6.45) is 3.52. The fourth-order valence-electron chi connectivity index (χ4n) is 3.01. The van der Waals surface area contributed by atoms with Gasteiger partial charge in [-0.2, -0.15) is 0 Å². The maximum Gasteiger partial charge on any atom is 0.230 e. The Morgan fingerprint density at radius 2 is 2.21 bits per heavy atom. The average molecular weight is 350 g/mol. The maximum absolute atomic E-state index is 13.4. The fourth-order valence-corrected chi connectivity index (χ4v) is 3.01. The zero-order valence-corrected chi connectivity index (χ0v) is 14.3. The monoisotopic (exact) mass is 349 g/mol. The number of pyridine rings is 1. The summed E-state index contributed by atoms with van der Waals surface area (Å²) in [4.78, 5) is 19.0. The first kappa shape index (κ1) is 18.4. The van der Waals surface area contributed by atoms with Crippen molar-refractivity contribution >= 4 is 18.3 Å². The first-order valence-corrected chi connectivity index (χ1v) is 7.83. The molecule has 128 valence electrons. The molecule has 24 heavy (non-hydrogen) atoms. The Hall–Kier alpha value is -1.98. The molecular weight excluding hydrogens is 329 g/mol. The number of amides is 1. The van der Waals surface area contributed by atoms with Crippen LogP contribution in [0.25, 0.3) is 0 Å². The molecule has 0 bridgehead atoms. The molecule has 2 aromatic rings. The number of benzene rings is 1. The van der Waals surface area contributed by atoms with Crippen molar-refractivity contribution in [2.24, 2.45) is 0 Å². The minimum atomic E-state index is -0.372. The number of hydrogen-bond acceptors (Lipinski definition) is 3. The van der Waals surface area contributed by atoms with Crippen LogP contribution in [0.2, 0.25) is 0 Å². The molecule has 1 amide bonds. The lowest BCUT2D eigenvalue weighted by Crippen LogP contribution is -2.49. The molecule has 3 rings (SSSR count). The predicted molar refractivity (Wildman–Crippen MR) is 93.6 cm³/mol. The molecule has 0 radical (unpaired) electrons. The summed E-state index contributed by atoms with van der Waals surface area (Å²) in [5.74, 6) is -0.666. The van der Waals surface area contributed by atoms with Crippen LogP contribution in [-0.2, 0) is 4.79 Å². The lowest BCUT2D eigenvalue weighted by atomic mass is 9.97. The molecule has 1 aliphatic rings. The SMILES string of the molecule is CC(C(=O)N1CCNCC1c1cccnc1)c1cccc(F)c1.Cl. The normalized spacial score (nSPS) is 18.6. The van der Waals surface area contributed by atoms with Gasteiger partial charge in [-0.1, -0.05) is 18.2 Å². The van der Waals surface area contributed by atoms with Crippen molar-refractivity contribution in [2.45, 2.75) is 18.9 Å². The number of carbonyl (C=O) groups excluding carboxylic acids is 1. The van der Waals surface area contributed by atoms with Crippen LogP contribution in [0.1, 0.15) is 30.0 Å². The molecule has 4 nitrogen and oxygen atoms in total. The van der Waals surface area contributed by atoms with Gasteiger partial charge >= 0.3 is 0 Å². The van der Waals surface area contributed by atoms with E-state index >= 15 is 0 Å². The van der Waals surface area contributed by atoms with Crippen molar-refractivity contribution in [3.8, 4) is 0 Å². The van der Waals surface area contributed by atoms with Crippen LogP contribution < -0.4 is 5.32 Å². The molecule has 1 fully saturated rings. The third-order valence-corrected chi connectivity index (χ3v) is 4.31. The largest absolute Gasteiger partial charge is 0.333 e. The van der Waals surface area contributed by atoms with E-state index in [4.69, 9.17) is 0 Å². The standard InChI is InChI=1S/C18H20FN3O.ClH/c1-13(14-4-2-6-16(19)10-14)18(23)22-9-8-21-12-17(22)15-5-3-7-20-11-15;/h2-7,10-11,13,17,21H,8-9,12H2,1H3;1H. The van der Waals surface area contributed by atoms with Crippen molar-refractivity contribution in [3.63, 3.8) is 0 Å². The Kier molecular flexibility index (Phi) is 6.29. The van der Waals surface area contributed by atoms with Crippen LogP contribution in [0.3, 0.4) is 0 Å².